The Morgan fingerprint density at radius 3 is 2.38 bits per heavy atom. The lowest BCUT2D eigenvalue weighted by molar-refractivity contribution is 0.185. The molecule has 0 fully saturated rings. The first kappa shape index (κ1) is 19.4. The molecule has 0 unspecified atom stereocenters. The number of pyridine rings is 1. The van der Waals surface area contributed by atoms with Gasteiger partial charge in [-0.05, 0) is 18.6 Å². The minimum Gasteiger partial charge on any atom is -0.491 e. The smallest absolute Gasteiger partial charge is 0.259 e. The van der Waals surface area contributed by atoms with E-state index in [9.17, 15) is 4.79 Å². The number of nitrogens with zero attached hydrogens (tertiary/aromatic N) is 1. The molecule has 0 radical (unpaired) electrons. The summed E-state index contributed by atoms with van der Waals surface area (Å²) in [7, 11) is 1.59. The highest BCUT2D eigenvalue weighted by atomic mass is 35.5. The van der Waals surface area contributed by atoms with Crippen molar-refractivity contribution in [2.24, 2.45) is 0 Å². The first-order valence-corrected chi connectivity index (χ1v) is 9.06. The Labute approximate surface area is 156 Å². The van der Waals surface area contributed by atoms with Crippen LogP contribution in [0.4, 0.5) is 0 Å². The van der Waals surface area contributed by atoms with E-state index in [4.69, 9.17) is 44.3 Å². The highest BCUT2D eigenvalue weighted by Crippen LogP contribution is 2.34. The summed E-state index contributed by atoms with van der Waals surface area (Å²) in [5.41, 5.74) is 0.444. The molecule has 0 aliphatic heterocycles. The summed E-state index contributed by atoms with van der Waals surface area (Å²) >= 11 is 18.4. The van der Waals surface area contributed by atoms with Gasteiger partial charge in [0.1, 0.15) is 5.75 Å². The summed E-state index contributed by atoms with van der Waals surface area (Å²) < 4.78 is 12.7. The van der Waals surface area contributed by atoms with E-state index in [0.717, 1.165) is 12.8 Å². The van der Waals surface area contributed by atoms with Crippen molar-refractivity contribution in [3.05, 3.63) is 38.2 Å². The monoisotopic (exact) mass is 391 g/mol. The van der Waals surface area contributed by atoms with Gasteiger partial charge in [0.2, 0.25) is 0 Å². The van der Waals surface area contributed by atoms with E-state index in [1.165, 1.54) is 0 Å². The van der Waals surface area contributed by atoms with Crippen molar-refractivity contribution in [2.45, 2.75) is 32.2 Å². The first-order valence-electron chi connectivity index (χ1n) is 7.77. The zero-order valence-electron chi connectivity index (χ0n) is 13.7. The van der Waals surface area contributed by atoms with Gasteiger partial charge in [-0.1, -0.05) is 36.5 Å². The van der Waals surface area contributed by atoms with E-state index < -0.39 is 0 Å². The summed E-state index contributed by atoms with van der Waals surface area (Å²) in [6, 6.07) is 3.24. The summed E-state index contributed by atoms with van der Waals surface area (Å²) in [4.78, 5) is 12.9. The van der Waals surface area contributed by atoms with Gasteiger partial charge in [0.05, 0.1) is 40.2 Å². The minimum atomic E-state index is -0.181. The van der Waals surface area contributed by atoms with Crippen LogP contribution >= 0.6 is 34.8 Å². The third-order valence-corrected chi connectivity index (χ3v) is 4.73. The largest absolute Gasteiger partial charge is 0.491 e. The Balaban J connectivity index is 2.73. The Hall–Kier alpha value is -0.940. The number of fused-ring (bicyclic) bond motifs is 1. The Morgan fingerprint density at radius 1 is 1.12 bits per heavy atom. The van der Waals surface area contributed by atoms with Crippen LogP contribution in [0.1, 0.15) is 25.5 Å². The van der Waals surface area contributed by atoms with Gasteiger partial charge in [0, 0.05) is 19.0 Å². The van der Waals surface area contributed by atoms with Gasteiger partial charge in [-0.2, -0.15) is 0 Å². The second-order valence-corrected chi connectivity index (χ2v) is 6.45. The van der Waals surface area contributed by atoms with Gasteiger partial charge in [-0.3, -0.25) is 4.79 Å². The van der Waals surface area contributed by atoms with Gasteiger partial charge in [0.15, 0.2) is 0 Å². The maximum Gasteiger partial charge on any atom is 0.259 e. The maximum atomic E-state index is 12.9. The van der Waals surface area contributed by atoms with Crippen LogP contribution in [-0.2, 0) is 17.2 Å². The third-order valence-electron chi connectivity index (χ3n) is 3.76. The first-order chi connectivity index (χ1) is 11.5. The molecule has 2 aromatic rings. The van der Waals surface area contributed by atoms with Crippen molar-refractivity contribution in [1.82, 2.24) is 4.57 Å². The number of ether oxygens (including phenoxy) is 2. The fourth-order valence-corrected chi connectivity index (χ4v) is 3.08. The second kappa shape index (κ2) is 8.95. The van der Waals surface area contributed by atoms with Gasteiger partial charge in [-0.25, -0.2) is 0 Å². The van der Waals surface area contributed by atoms with E-state index in [-0.39, 0.29) is 11.4 Å². The van der Waals surface area contributed by atoms with Crippen LogP contribution in [0.25, 0.3) is 10.8 Å². The van der Waals surface area contributed by atoms with Crippen LogP contribution in [-0.4, -0.2) is 24.9 Å². The number of aromatic nitrogens is 1. The SMILES string of the molecule is CCCCOc1c(CCl)n(CCOC)c(=O)c2cc(Cl)c(Cl)cc12. The van der Waals surface area contributed by atoms with Crippen LogP contribution in [0, 0.1) is 0 Å². The molecule has 0 aliphatic carbocycles. The zero-order valence-corrected chi connectivity index (χ0v) is 16.0. The number of benzene rings is 1. The molecule has 0 bridgehead atoms. The number of unbranched alkanes of at least 4 members (excludes halogenated alkanes) is 1. The fourth-order valence-electron chi connectivity index (χ4n) is 2.49. The van der Waals surface area contributed by atoms with E-state index in [0.29, 0.717) is 52.0 Å². The summed E-state index contributed by atoms with van der Waals surface area (Å²) in [6.45, 7) is 3.40. The molecule has 24 heavy (non-hydrogen) atoms. The van der Waals surface area contributed by atoms with Crippen LogP contribution in [0.2, 0.25) is 10.0 Å². The summed E-state index contributed by atoms with van der Waals surface area (Å²) in [5.74, 6) is 0.735. The molecule has 1 aromatic carbocycles. The lowest BCUT2D eigenvalue weighted by Gasteiger charge is -2.19. The van der Waals surface area contributed by atoms with Crippen LogP contribution in [0.15, 0.2) is 16.9 Å². The molecular weight excluding hydrogens is 373 g/mol. The normalized spacial score (nSPS) is 11.2. The van der Waals surface area contributed by atoms with Crippen LogP contribution in [0.5, 0.6) is 5.75 Å². The van der Waals surface area contributed by atoms with E-state index in [2.05, 4.69) is 6.92 Å². The molecule has 0 amide bonds. The van der Waals surface area contributed by atoms with Crippen molar-refractivity contribution in [2.75, 3.05) is 20.3 Å². The molecule has 132 valence electrons. The van der Waals surface area contributed by atoms with Crippen LogP contribution in [0.3, 0.4) is 0 Å². The predicted octanol–water partition coefficient (Wildman–Crippen LogP) is 4.87. The Kier molecular flexibility index (Phi) is 7.23. The average Bonchev–Trinajstić information content (AvgIpc) is 2.57. The molecule has 0 saturated heterocycles. The molecule has 0 spiro atoms. The number of halogens is 3. The van der Waals surface area contributed by atoms with Gasteiger partial charge >= 0.3 is 0 Å². The second-order valence-electron chi connectivity index (χ2n) is 5.37. The van der Waals surface area contributed by atoms with E-state index in [1.807, 2.05) is 0 Å². The van der Waals surface area contributed by atoms with Crippen molar-refractivity contribution in [3.8, 4) is 5.75 Å². The molecule has 0 N–H and O–H groups in total. The highest BCUT2D eigenvalue weighted by Gasteiger charge is 2.19. The van der Waals surface area contributed by atoms with Crippen molar-refractivity contribution in [3.63, 3.8) is 0 Å². The molecule has 2 rings (SSSR count). The highest BCUT2D eigenvalue weighted by molar-refractivity contribution is 6.42. The standard InChI is InChI=1S/C17H20Cl3NO3/c1-3-4-6-24-16-11-8-13(19)14(20)9-12(11)17(22)21(5-7-23-2)15(16)10-18/h8-9H,3-7,10H2,1-2H3. The molecule has 0 atom stereocenters. The van der Waals surface area contributed by atoms with E-state index in [1.54, 1.807) is 23.8 Å². The average molecular weight is 393 g/mol. The Bertz CT molecular complexity index is 774. The van der Waals surface area contributed by atoms with Crippen molar-refractivity contribution >= 4 is 45.6 Å². The molecule has 4 nitrogen and oxygen atoms in total. The minimum absolute atomic E-state index is 0.149. The third kappa shape index (κ3) is 3.99. The Morgan fingerprint density at radius 2 is 1.79 bits per heavy atom. The van der Waals surface area contributed by atoms with Gasteiger partial charge < -0.3 is 14.0 Å². The fraction of sp³-hybridized carbons (Fsp3) is 0.471. The van der Waals surface area contributed by atoms with E-state index >= 15 is 0 Å². The maximum absolute atomic E-state index is 12.9. The predicted molar refractivity (Wildman–Crippen MR) is 100 cm³/mol. The van der Waals surface area contributed by atoms with Crippen molar-refractivity contribution in [1.29, 1.82) is 0 Å². The van der Waals surface area contributed by atoms with Gasteiger partial charge in [0.25, 0.3) is 5.56 Å². The molecule has 0 saturated carbocycles. The van der Waals surface area contributed by atoms with Crippen molar-refractivity contribution < 1.29 is 9.47 Å². The zero-order chi connectivity index (χ0) is 17.7. The molecule has 0 aliphatic rings. The molecule has 7 heteroatoms. The topological polar surface area (TPSA) is 40.5 Å². The lowest BCUT2D eigenvalue weighted by Crippen LogP contribution is -2.26. The molecule has 1 heterocycles. The summed E-state index contributed by atoms with van der Waals surface area (Å²) in [6.07, 6.45) is 1.91. The summed E-state index contributed by atoms with van der Waals surface area (Å²) in [5, 5.41) is 1.80. The number of rotatable bonds is 8. The number of hydrogen-bond acceptors (Lipinski definition) is 3. The molecule has 1 aromatic heterocycles. The van der Waals surface area contributed by atoms with Crippen LogP contribution < -0.4 is 10.3 Å². The lowest BCUT2D eigenvalue weighted by atomic mass is 10.1. The number of alkyl halides is 1. The quantitative estimate of drug-likeness (QED) is 0.475. The number of methoxy groups -OCH3 is 1. The molecular formula is C17H20Cl3NO3. The number of hydrogen-bond donors (Lipinski definition) is 0. The van der Waals surface area contributed by atoms with Gasteiger partial charge in [-0.15, -0.1) is 11.6 Å².